The number of carbonyl (C=O) groups is 3. The molecule has 2 aromatic rings. The number of aryl methyl sites for hydroxylation is 1. The van der Waals surface area contributed by atoms with E-state index >= 15 is 0 Å². The van der Waals surface area contributed by atoms with Gasteiger partial charge in [-0.05, 0) is 52.3 Å². The molecule has 2 aliphatic heterocycles. The van der Waals surface area contributed by atoms with Gasteiger partial charge in [-0.1, -0.05) is 12.1 Å². The van der Waals surface area contributed by atoms with Crippen LogP contribution < -0.4 is 10.1 Å². The smallest absolute Gasteiger partial charge is 0.415 e. The van der Waals surface area contributed by atoms with Crippen molar-refractivity contribution < 1.29 is 32.3 Å². The van der Waals surface area contributed by atoms with Crippen LogP contribution in [0.2, 0.25) is 0 Å². The maximum atomic E-state index is 14.1. The van der Waals surface area contributed by atoms with E-state index in [1.54, 1.807) is 54.8 Å². The van der Waals surface area contributed by atoms with Gasteiger partial charge in [-0.25, -0.2) is 22.3 Å². The number of aromatic amines is 1. The fourth-order valence-electron chi connectivity index (χ4n) is 4.53. The molecule has 2 fully saturated rings. The van der Waals surface area contributed by atoms with Crippen LogP contribution in [0.15, 0.2) is 35.4 Å². The first-order valence-corrected chi connectivity index (χ1v) is 17.2. The molecule has 4 rings (SSSR count). The van der Waals surface area contributed by atoms with Gasteiger partial charge >= 0.3 is 12.1 Å². The Morgan fingerprint density at radius 2 is 1.83 bits per heavy atom. The summed E-state index contributed by atoms with van der Waals surface area (Å²) in [4.78, 5) is 41.5. The fourth-order valence-corrected chi connectivity index (χ4v) is 8.50. The van der Waals surface area contributed by atoms with E-state index < -0.39 is 51.1 Å². The zero-order valence-electron chi connectivity index (χ0n) is 24.3. The largest absolute Gasteiger partial charge is 0.461 e. The number of ether oxygens (including phenoxy) is 2. The molecule has 0 spiro atoms. The number of rotatable bonds is 9. The minimum atomic E-state index is -4.54. The summed E-state index contributed by atoms with van der Waals surface area (Å²) in [5.41, 5.74) is 0.286. The van der Waals surface area contributed by atoms with Crippen molar-refractivity contribution in [3.63, 3.8) is 0 Å². The lowest BCUT2D eigenvalue weighted by Gasteiger charge is -2.32. The highest BCUT2D eigenvalue weighted by atomic mass is 32.2. The van der Waals surface area contributed by atoms with Gasteiger partial charge in [-0.2, -0.15) is 16.9 Å². The number of H-pyrrole nitrogens is 1. The molecule has 0 radical (unpaired) electrons. The quantitative estimate of drug-likeness (QED) is 0.390. The number of esters is 1. The Kier molecular flexibility index (Phi) is 10.2. The van der Waals surface area contributed by atoms with Gasteiger partial charge in [-0.3, -0.25) is 15.2 Å². The Hall–Kier alpha value is -2.75. The van der Waals surface area contributed by atoms with Gasteiger partial charge in [0.2, 0.25) is 0 Å². The van der Waals surface area contributed by atoms with Crippen molar-refractivity contribution in [1.29, 1.82) is 0 Å². The Morgan fingerprint density at radius 1 is 1.17 bits per heavy atom. The van der Waals surface area contributed by atoms with Gasteiger partial charge in [0.05, 0.1) is 11.8 Å². The van der Waals surface area contributed by atoms with Crippen LogP contribution in [0.4, 0.5) is 4.79 Å². The van der Waals surface area contributed by atoms with E-state index in [1.807, 2.05) is 13.8 Å². The average Bonchev–Trinajstić information content (AvgIpc) is 3.54. The molecular formula is C27H37N5O7S3. The third-order valence-corrected chi connectivity index (χ3v) is 11.0. The first-order valence-electron chi connectivity index (χ1n) is 13.6. The highest BCUT2D eigenvalue weighted by Gasteiger charge is 2.47. The lowest BCUT2D eigenvalue weighted by molar-refractivity contribution is -0.155. The van der Waals surface area contributed by atoms with Gasteiger partial charge in [-0.15, -0.1) is 11.8 Å². The number of nitrogens with one attached hydrogen (secondary N) is 2. The van der Waals surface area contributed by atoms with Crippen molar-refractivity contribution in [2.24, 2.45) is 0 Å². The topological polar surface area (TPSA) is 151 Å². The molecule has 2 aliphatic rings. The highest BCUT2D eigenvalue weighted by molar-refractivity contribution is 8.01. The predicted molar refractivity (Wildman–Crippen MR) is 161 cm³/mol. The van der Waals surface area contributed by atoms with Gasteiger partial charge in [0, 0.05) is 48.5 Å². The third-order valence-electron chi connectivity index (χ3n) is 6.63. The molecule has 0 saturated carbocycles. The molecule has 0 unspecified atom stereocenters. The van der Waals surface area contributed by atoms with Crippen LogP contribution >= 0.6 is 23.5 Å². The molecule has 0 bridgehead atoms. The predicted octanol–water partition coefficient (Wildman–Crippen LogP) is 2.79. The molecule has 15 heteroatoms. The monoisotopic (exact) mass is 639 g/mol. The number of thioether (sulfide) groups is 2. The molecule has 0 aliphatic carbocycles. The van der Waals surface area contributed by atoms with Crippen molar-refractivity contribution in [2.75, 3.05) is 30.3 Å². The van der Waals surface area contributed by atoms with E-state index in [-0.39, 0.29) is 17.0 Å². The minimum absolute atomic E-state index is 0.161. The number of hydrogen-bond donors (Lipinski definition) is 2. The molecule has 3 heterocycles. The fraction of sp³-hybridized carbons (Fsp3) is 0.556. The zero-order chi connectivity index (χ0) is 30.7. The van der Waals surface area contributed by atoms with Crippen LogP contribution in [0.25, 0.3) is 0 Å². The van der Waals surface area contributed by atoms with E-state index in [1.165, 1.54) is 24.9 Å². The molecule has 42 heavy (non-hydrogen) atoms. The highest BCUT2D eigenvalue weighted by Crippen LogP contribution is 2.32. The number of aromatic nitrogens is 2. The third kappa shape index (κ3) is 7.60. The second-order valence-corrected chi connectivity index (χ2v) is 15.1. The number of hydrogen-bond acceptors (Lipinski definition) is 11. The Morgan fingerprint density at radius 3 is 2.38 bits per heavy atom. The number of carbonyl (C=O) groups excluding carboxylic acids is 3. The Balaban J connectivity index is 1.66. The van der Waals surface area contributed by atoms with Gasteiger partial charge in [0.15, 0.2) is 0 Å². The SMILES string of the molecule is Cc1n[nH]cc1S(=O)(=O)N(C(=O)[C@H]1NC(C)(C)CS1)[C@@H](Cc1ccc(OC(=O)N2CCSCC2)cc1)C(=O)OC(C)C. The molecular weight excluding hydrogens is 603 g/mol. The molecule has 2 saturated heterocycles. The van der Waals surface area contributed by atoms with Crippen LogP contribution in [0.3, 0.4) is 0 Å². The van der Waals surface area contributed by atoms with E-state index in [0.717, 1.165) is 11.5 Å². The van der Waals surface area contributed by atoms with Crippen molar-refractivity contribution >= 4 is 51.5 Å². The van der Waals surface area contributed by atoms with Crippen LogP contribution in [0.1, 0.15) is 39.0 Å². The summed E-state index contributed by atoms with van der Waals surface area (Å²) in [6.07, 6.45) is 0.0396. The van der Waals surface area contributed by atoms with Crippen molar-refractivity contribution in [3.8, 4) is 5.75 Å². The van der Waals surface area contributed by atoms with E-state index in [0.29, 0.717) is 34.5 Å². The maximum Gasteiger partial charge on any atom is 0.415 e. The van der Waals surface area contributed by atoms with E-state index in [9.17, 15) is 22.8 Å². The molecule has 12 nitrogen and oxygen atoms in total. The molecule has 1 aromatic carbocycles. The summed E-state index contributed by atoms with van der Waals surface area (Å²) in [5, 5.41) is 8.72. The summed E-state index contributed by atoms with van der Waals surface area (Å²) in [6.45, 7) is 9.85. The second kappa shape index (κ2) is 13.3. The van der Waals surface area contributed by atoms with Gasteiger partial charge < -0.3 is 14.4 Å². The molecule has 2 N–H and O–H groups in total. The average molecular weight is 640 g/mol. The molecule has 2 amide bonds. The standard InChI is InChI=1S/C27H37N5O7S3/c1-17(2)38-25(34)21(14-19-6-8-20(9-7-19)39-26(35)31-10-12-40-13-11-31)32(24(33)23-29-27(4,5)16-41-23)42(36,37)22-15-28-30-18(22)3/h6-9,15,17,21,23,29H,10-14,16H2,1-5H3,(H,28,30)/t21-,23-/m0/s1. The van der Waals surface area contributed by atoms with Crippen LogP contribution in [-0.2, 0) is 30.8 Å². The van der Waals surface area contributed by atoms with Crippen molar-refractivity contribution in [3.05, 3.63) is 41.7 Å². The Labute approximate surface area is 254 Å². The minimum Gasteiger partial charge on any atom is -0.461 e. The van der Waals surface area contributed by atoms with Crippen LogP contribution in [0, 0.1) is 6.92 Å². The first-order chi connectivity index (χ1) is 19.8. The zero-order valence-corrected chi connectivity index (χ0v) is 26.7. The summed E-state index contributed by atoms with van der Waals surface area (Å²) in [6, 6.07) is 4.91. The molecule has 230 valence electrons. The van der Waals surface area contributed by atoms with Crippen molar-refractivity contribution in [2.45, 2.75) is 69.0 Å². The van der Waals surface area contributed by atoms with Crippen LogP contribution in [0.5, 0.6) is 5.75 Å². The first kappa shape index (κ1) is 32.2. The van der Waals surface area contributed by atoms with Crippen molar-refractivity contribution in [1.82, 2.24) is 24.7 Å². The number of amides is 2. The lowest BCUT2D eigenvalue weighted by Crippen LogP contribution is -2.56. The summed E-state index contributed by atoms with van der Waals surface area (Å²) < 4.78 is 39.7. The summed E-state index contributed by atoms with van der Waals surface area (Å²) in [5.74, 6) is 0.951. The second-order valence-electron chi connectivity index (χ2n) is 11.0. The summed E-state index contributed by atoms with van der Waals surface area (Å²) in [7, 11) is -4.54. The lowest BCUT2D eigenvalue weighted by atomic mass is 10.1. The van der Waals surface area contributed by atoms with E-state index in [2.05, 4.69) is 15.5 Å². The molecule has 1 aromatic heterocycles. The van der Waals surface area contributed by atoms with Crippen LogP contribution in [-0.4, -0.2) is 99.2 Å². The Bertz CT molecular complexity index is 1390. The van der Waals surface area contributed by atoms with Gasteiger partial charge in [0.1, 0.15) is 22.1 Å². The summed E-state index contributed by atoms with van der Waals surface area (Å²) >= 11 is 3.06. The number of nitrogens with zero attached hydrogens (tertiary/aromatic N) is 3. The number of benzene rings is 1. The van der Waals surface area contributed by atoms with E-state index in [4.69, 9.17) is 9.47 Å². The number of sulfonamides is 1. The normalized spacial score (nSPS) is 19.4. The van der Waals surface area contributed by atoms with Gasteiger partial charge in [0.25, 0.3) is 15.9 Å². The maximum absolute atomic E-state index is 14.1. The molecule has 2 atom stereocenters.